The number of hydrogen-bond acceptors (Lipinski definition) is 4. The van der Waals surface area contributed by atoms with Gasteiger partial charge in [0.05, 0.1) is 11.2 Å². The Hall–Kier alpha value is -3.60. The van der Waals surface area contributed by atoms with Crippen molar-refractivity contribution in [2.24, 2.45) is 0 Å². The van der Waals surface area contributed by atoms with Crippen molar-refractivity contribution < 1.29 is 9.59 Å². The highest BCUT2D eigenvalue weighted by molar-refractivity contribution is 6.05. The van der Waals surface area contributed by atoms with Gasteiger partial charge in [-0.15, -0.1) is 0 Å². The van der Waals surface area contributed by atoms with E-state index < -0.39 is 11.4 Å². The molecule has 0 bridgehead atoms. The molecule has 1 atom stereocenters. The van der Waals surface area contributed by atoms with Gasteiger partial charge in [0.1, 0.15) is 5.82 Å². The van der Waals surface area contributed by atoms with Gasteiger partial charge in [0.25, 0.3) is 5.91 Å². The van der Waals surface area contributed by atoms with Crippen LogP contribution in [0, 0.1) is 0 Å². The molecule has 3 rings (SSSR count). The molecule has 0 saturated carbocycles. The van der Waals surface area contributed by atoms with Gasteiger partial charge in [0, 0.05) is 11.6 Å². The molecule has 5 nitrogen and oxygen atoms in total. The van der Waals surface area contributed by atoms with Gasteiger partial charge in [-0.1, -0.05) is 49.6 Å². The quantitative estimate of drug-likeness (QED) is 0.509. The Balaban J connectivity index is 2.26. The zero-order chi connectivity index (χ0) is 18.6. The molecule has 5 heteroatoms. The average Bonchev–Trinajstić information content (AvgIpc) is 2.72. The van der Waals surface area contributed by atoms with Crippen LogP contribution in [-0.4, -0.2) is 22.2 Å². The summed E-state index contributed by atoms with van der Waals surface area (Å²) in [7, 11) is 0. The zero-order valence-electron chi connectivity index (χ0n) is 14.0. The maximum Gasteiger partial charge on any atom is 0.253 e. The minimum Gasteiger partial charge on any atom is -0.287 e. The molecule has 0 fully saturated rings. The van der Waals surface area contributed by atoms with E-state index in [0.29, 0.717) is 11.2 Å². The lowest BCUT2D eigenvalue weighted by molar-refractivity contribution is -0.114. The summed E-state index contributed by atoms with van der Waals surface area (Å²) < 4.78 is 0. The summed E-state index contributed by atoms with van der Waals surface area (Å²) in [6.45, 7) is 7.29. The van der Waals surface area contributed by atoms with Crippen LogP contribution in [0.25, 0.3) is 10.9 Å². The highest BCUT2D eigenvalue weighted by Crippen LogP contribution is 2.32. The van der Waals surface area contributed by atoms with Gasteiger partial charge in [-0.25, -0.2) is 9.97 Å². The molecule has 1 amide bonds. The van der Waals surface area contributed by atoms with Gasteiger partial charge in [-0.05, 0) is 30.3 Å². The van der Waals surface area contributed by atoms with Crippen LogP contribution in [0.2, 0.25) is 0 Å². The summed E-state index contributed by atoms with van der Waals surface area (Å²) in [6.07, 6.45) is 5.94. The summed E-state index contributed by atoms with van der Waals surface area (Å²) in [5.74, 6) is -0.238. The van der Waals surface area contributed by atoms with Crippen LogP contribution in [-0.2, 0) is 15.1 Å². The lowest BCUT2D eigenvalue weighted by Gasteiger charge is -2.35. The van der Waals surface area contributed by atoms with E-state index in [1.807, 2.05) is 36.6 Å². The minimum atomic E-state index is -1.64. The maximum atomic E-state index is 12.6. The molecular formula is C21H16N3O2. The Morgan fingerprint density at radius 3 is 2.50 bits per heavy atom. The second kappa shape index (κ2) is 7.11. The monoisotopic (exact) mass is 342 g/mol. The topological polar surface area (TPSA) is 63.2 Å². The van der Waals surface area contributed by atoms with Crippen molar-refractivity contribution in [1.29, 1.82) is 0 Å². The van der Waals surface area contributed by atoms with Crippen molar-refractivity contribution in [2.45, 2.75) is 5.54 Å². The molecular weight excluding hydrogens is 326 g/mol. The Kier molecular flexibility index (Phi) is 4.71. The highest BCUT2D eigenvalue weighted by atomic mass is 16.2. The van der Waals surface area contributed by atoms with E-state index in [9.17, 15) is 9.59 Å². The second-order valence-electron chi connectivity index (χ2n) is 5.53. The third-order valence-electron chi connectivity index (χ3n) is 4.07. The summed E-state index contributed by atoms with van der Waals surface area (Å²) in [6, 6.07) is 16.1. The number of amides is 1. The van der Waals surface area contributed by atoms with Crippen molar-refractivity contribution in [3.05, 3.63) is 91.8 Å². The van der Waals surface area contributed by atoms with Crippen molar-refractivity contribution in [2.75, 3.05) is 4.90 Å². The molecule has 1 radical (unpaired) electrons. The lowest BCUT2D eigenvalue weighted by atomic mass is 9.92. The summed E-state index contributed by atoms with van der Waals surface area (Å²) in [5, 5.41) is 0.916. The first-order chi connectivity index (χ1) is 12.7. The van der Waals surface area contributed by atoms with Crippen LogP contribution in [0.3, 0.4) is 0 Å². The normalized spacial score (nSPS) is 12.8. The molecule has 1 aromatic carbocycles. The van der Waals surface area contributed by atoms with Gasteiger partial charge in [0.2, 0.25) is 6.29 Å². The first-order valence-electron chi connectivity index (χ1n) is 7.93. The number of carbonyl (C=O) groups excluding carboxylic acids is 2. The molecule has 0 aliphatic rings. The fourth-order valence-electron chi connectivity index (χ4n) is 2.77. The number of hydrogen-bond donors (Lipinski definition) is 0. The third kappa shape index (κ3) is 2.80. The predicted octanol–water partition coefficient (Wildman–Crippen LogP) is 3.34. The van der Waals surface area contributed by atoms with E-state index in [2.05, 4.69) is 23.1 Å². The molecule has 26 heavy (non-hydrogen) atoms. The number of para-hydroxylation sites is 1. The molecule has 0 N–H and O–H groups in total. The van der Waals surface area contributed by atoms with Crippen LogP contribution in [0.5, 0.6) is 0 Å². The van der Waals surface area contributed by atoms with E-state index in [0.717, 1.165) is 11.5 Å². The second-order valence-corrected chi connectivity index (χ2v) is 5.53. The SMILES string of the molecule is C=CC(=O)N(c1ccccn1)C([C]=O)(C=C)c1ccc2ccccc2n1. The van der Waals surface area contributed by atoms with Crippen LogP contribution in [0.15, 0.2) is 86.1 Å². The van der Waals surface area contributed by atoms with E-state index >= 15 is 0 Å². The number of benzene rings is 1. The van der Waals surface area contributed by atoms with Gasteiger partial charge >= 0.3 is 0 Å². The summed E-state index contributed by atoms with van der Waals surface area (Å²) in [5.41, 5.74) is -0.621. The number of pyridine rings is 2. The predicted molar refractivity (Wildman–Crippen MR) is 101 cm³/mol. The largest absolute Gasteiger partial charge is 0.287 e. The third-order valence-corrected chi connectivity index (χ3v) is 4.07. The molecule has 0 saturated heterocycles. The van der Waals surface area contributed by atoms with Crippen molar-refractivity contribution in [1.82, 2.24) is 9.97 Å². The van der Waals surface area contributed by atoms with Gasteiger partial charge < -0.3 is 0 Å². The van der Waals surface area contributed by atoms with E-state index in [1.165, 1.54) is 17.2 Å². The molecule has 0 aliphatic carbocycles. The van der Waals surface area contributed by atoms with E-state index in [1.54, 1.807) is 24.3 Å². The fraction of sp³-hybridized carbons (Fsp3) is 0.0476. The smallest absolute Gasteiger partial charge is 0.253 e. The van der Waals surface area contributed by atoms with Crippen molar-refractivity contribution in [3.63, 3.8) is 0 Å². The zero-order valence-corrected chi connectivity index (χ0v) is 14.0. The maximum absolute atomic E-state index is 12.6. The van der Waals surface area contributed by atoms with Gasteiger partial charge in [-0.2, -0.15) is 0 Å². The Labute approximate surface area is 151 Å². The molecule has 0 spiro atoms. The number of nitrogens with zero attached hydrogens (tertiary/aromatic N) is 3. The lowest BCUT2D eigenvalue weighted by Crippen LogP contribution is -2.50. The Morgan fingerprint density at radius 1 is 1.08 bits per heavy atom. The molecule has 2 heterocycles. The molecule has 127 valence electrons. The fourth-order valence-corrected chi connectivity index (χ4v) is 2.77. The van der Waals surface area contributed by atoms with E-state index in [4.69, 9.17) is 0 Å². The standard InChI is InChI=1S/C21H16N3O2/c1-3-20(26)24(19-11-7-8-14-22-19)21(4-2,15-25)18-13-12-16-9-5-6-10-17(16)23-18/h3-14H,1-2H2. The molecule has 0 aliphatic heterocycles. The highest BCUT2D eigenvalue weighted by Gasteiger charge is 2.42. The first-order valence-corrected chi connectivity index (χ1v) is 7.93. The number of carbonyl (C=O) groups is 1. The summed E-state index contributed by atoms with van der Waals surface area (Å²) in [4.78, 5) is 34.7. The molecule has 1 unspecified atom stereocenters. The summed E-state index contributed by atoms with van der Waals surface area (Å²) >= 11 is 0. The van der Waals surface area contributed by atoms with Crippen molar-refractivity contribution in [3.8, 4) is 0 Å². The molecule has 3 aromatic rings. The van der Waals surface area contributed by atoms with Crippen LogP contribution in [0.1, 0.15) is 5.69 Å². The van der Waals surface area contributed by atoms with Crippen LogP contribution >= 0.6 is 0 Å². The Bertz CT molecular complexity index is 975. The van der Waals surface area contributed by atoms with Gasteiger partial charge in [-0.3, -0.25) is 14.5 Å². The Morgan fingerprint density at radius 2 is 1.85 bits per heavy atom. The molecule has 2 aromatic heterocycles. The van der Waals surface area contributed by atoms with Crippen LogP contribution in [0.4, 0.5) is 5.82 Å². The number of rotatable bonds is 6. The minimum absolute atomic E-state index is 0.274. The van der Waals surface area contributed by atoms with Crippen LogP contribution < -0.4 is 4.90 Å². The average molecular weight is 342 g/mol. The first kappa shape index (κ1) is 17.2. The van der Waals surface area contributed by atoms with Gasteiger partial charge in [0.15, 0.2) is 5.54 Å². The number of anilines is 1. The van der Waals surface area contributed by atoms with E-state index in [-0.39, 0.29) is 5.82 Å². The number of aromatic nitrogens is 2. The van der Waals surface area contributed by atoms with Crippen molar-refractivity contribution >= 4 is 28.9 Å². The number of fused-ring (bicyclic) bond motifs is 1.